The number of unbranched alkanes of at least 4 members (excludes halogenated alkanes) is 4. The fraction of sp³-hybridized carbons (Fsp3) is 0.680. The zero-order chi connectivity index (χ0) is 25.4. The first kappa shape index (κ1) is 32.4. The molecule has 34 heavy (non-hydrogen) atoms. The highest BCUT2D eigenvalue weighted by Gasteiger charge is 2.09. The zero-order valence-corrected chi connectivity index (χ0v) is 22.9. The van der Waals surface area contributed by atoms with Gasteiger partial charge in [0.25, 0.3) is 0 Å². The fourth-order valence-electron chi connectivity index (χ4n) is 3.13. The first-order chi connectivity index (χ1) is 16.4. The average molecular weight is 515 g/mol. The summed E-state index contributed by atoms with van der Waals surface area (Å²) in [4.78, 5) is 24.3. The van der Waals surface area contributed by atoms with Crippen molar-refractivity contribution in [1.29, 1.82) is 0 Å². The van der Waals surface area contributed by atoms with E-state index in [2.05, 4.69) is 21.6 Å². The molecule has 2 unspecified atom stereocenters. The van der Waals surface area contributed by atoms with Gasteiger partial charge in [-0.25, -0.2) is 8.93 Å². The molecule has 0 aliphatic heterocycles. The van der Waals surface area contributed by atoms with E-state index in [1.54, 1.807) is 18.2 Å². The van der Waals surface area contributed by atoms with Gasteiger partial charge in [0, 0.05) is 32.0 Å². The second kappa shape index (κ2) is 23.2. The van der Waals surface area contributed by atoms with Gasteiger partial charge in [-0.2, -0.15) is 11.8 Å². The lowest BCUT2D eigenvalue weighted by molar-refractivity contribution is -0.122. The van der Waals surface area contributed by atoms with Crippen molar-refractivity contribution in [3.63, 3.8) is 0 Å². The minimum absolute atomic E-state index is 0.0826. The molecule has 0 fully saturated rings. The Hall–Kier alpha value is -1.58. The van der Waals surface area contributed by atoms with Crippen LogP contribution >= 0.6 is 11.8 Å². The van der Waals surface area contributed by atoms with Gasteiger partial charge in [0.05, 0.1) is 4.91 Å². The highest BCUT2D eigenvalue weighted by atomic mass is 32.2. The van der Waals surface area contributed by atoms with Crippen LogP contribution in [0.1, 0.15) is 78.1 Å². The van der Waals surface area contributed by atoms with Crippen molar-refractivity contribution in [2.24, 2.45) is 5.73 Å². The van der Waals surface area contributed by atoms with Gasteiger partial charge >= 0.3 is 0 Å². The van der Waals surface area contributed by atoms with Crippen molar-refractivity contribution in [3.8, 4) is 0 Å². The molecule has 0 aliphatic carbocycles. The second-order valence-electron chi connectivity index (χ2n) is 8.20. The molecule has 9 heteroatoms. The normalized spacial score (nSPS) is 13.9. The van der Waals surface area contributed by atoms with E-state index in [1.807, 2.05) is 31.7 Å². The molecule has 0 bridgehead atoms. The molecule has 196 valence electrons. The van der Waals surface area contributed by atoms with Gasteiger partial charge in [-0.1, -0.05) is 18.9 Å². The summed E-state index contributed by atoms with van der Waals surface area (Å²) in [6.07, 6.45) is 19.1. The Balaban J connectivity index is 3.75. The second-order valence-corrected chi connectivity index (χ2v) is 10.4. The van der Waals surface area contributed by atoms with Crippen LogP contribution < -0.4 is 21.1 Å². The lowest BCUT2D eigenvalue weighted by Gasteiger charge is -2.13. The van der Waals surface area contributed by atoms with Crippen molar-refractivity contribution in [2.45, 2.75) is 84.1 Å². The van der Waals surface area contributed by atoms with Gasteiger partial charge < -0.3 is 16.4 Å². The Morgan fingerprint density at radius 2 is 1.59 bits per heavy atom. The third kappa shape index (κ3) is 19.9. The Labute approximate surface area is 213 Å². The van der Waals surface area contributed by atoms with Gasteiger partial charge in [-0.3, -0.25) is 9.59 Å². The van der Waals surface area contributed by atoms with E-state index < -0.39 is 11.0 Å². The molecule has 0 saturated carbocycles. The van der Waals surface area contributed by atoms with Crippen LogP contribution in [-0.2, 0) is 20.6 Å². The number of nitrogens with one attached hydrogen (secondary N) is 3. The smallest absolute Gasteiger partial charge is 0.219 e. The number of rotatable bonds is 21. The monoisotopic (exact) mass is 514 g/mol. The summed E-state index contributed by atoms with van der Waals surface area (Å²) >= 11 is 1.81. The topological polar surface area (TPSA) is 113 Å². The number of thioether (sulfide) groups is 1. The molecule has 2 atom stereocenters. The van der Waals surface area contributed by atoms with E-state index >= 15 is 0 Å². The van der Waals surface area contributed by atoms with Crippen LogP contribution in [0.3, 0.4) is 0 Å². The molecule has 0 aromatic heterocycles. The first-order valence-electron chi connectivity index (χ1n) is 12.4. The maximum Gasteiger partial charge on any atom is 0.219 e. The van der Waals surface area contributed by atoms with Gasteiger partial charge in [0.2, 0.25) is 11.8 Å². The van der Waals surface area contributed by atoms with Gasteiger partial charge in [-0.05, 0) is 88.8 Å². The number of carbonyl (C=O) groups excluding carboxylic acids is 2. The third-order valence-electron chi connectivity index (χ3n) is 5.02. The van der Waals surface area contributed by atoms with Gasteiger partial charge in [0.15, 0.2) is 0 Å². The first-order valence-corrected chi connectivity index (χ1v) is 14.9. The summed E-state index contributed by atoms with van der Waals surface area (Å²) in [5, 5.41) is 5.92. The molecule has 0 rings (SSSR count). The van der Waals surface area contributed by atoms with E-state index in [0.29, 0.717) is 30.8 Å². The molecular formula is C25H46N4O3S2. The third-order valence-corrected chi connectivity index (χ3v) is 7.03. The van der Waals surface area contributed by atoms with E-state index in [1.165, 1.54) is 6.20 Å². The van der Waals surface area contributed by atoms with Crippen LogP contribution in [0.4, 0.5) is 0 Å². The Morgan fingerprint density at radius 3 is 2.18 bits per heavy atom. The van der Waals surface area contributed by atoms with Crippen molar-refractivity contribution in [2.75, 3.05) is 25.1 Å². The van der Waals surface area contributed by atoms with Crippen molar-refractivity contribution < 1.29 is 13.8 Å². The lowest BCUT2D eigenvalue weighted by atomic mass is 10.1. The Bertz CT molecular complexity index is 667. The molecule has 0 aliphatic rings. The van der Waals surface area contributed by atoms with Crippen molar-refractivity contribution in [1.82, 2.24) is 15.4 Å². The van der Waals surface area contributed by atoms with E-state index in [4.69, 9.17) is 5.73 Å². The summed E-state index contributed by atoms with van der Waals surface area (Å²) in [7, 11) is -1.29. The highest BCUT2D eigenvalue weighted by molar-refractivity contribution is 7.98. The predicted molar refractivity (Wildman–Crippen MR) is 148 cm³/mol. The Kier molecular flexibility index (Phi) is 22.1. The average Bonchev–Trinajstić information content (AvgIpc) is 2.81. The van der Waals surface area contributed by atoms with Crippen molar-refractivity contribution >= 4 is 34.6 Å². The molecular weight excluding hydrogens is 468 g/mol. The van der Waals surface area contributed by atoms with Crippen LogP contribution in [0, 0.1) is 0 Å². The molecule has 5 N–H and O–H groups in total. The number of hydrogen-bond donors (Lipinski definition) is 4. The highest BCUT2D eigenvalue weighted by Crippen LogP contribution is 2.07. The summed E-state index contributed by atoms with van der Waals surface area (Å²) in [5.41, 5.74) is 5.35. The molecule has 0 spiro atoms. The number of carbonyl (C=O) groups is 2. The number of amides is 2. The van der Waals surface area contributed by atoms with E-state index in [9.17, 15) is 13.8 Å². The maximum absolute atomic E-state index is 12.4. The molecule has 2 amide bonds. The fourth-order valence-corrected chi connectivity index (χ4v) is 4.70. The van der Waals surface area contributed by atoms with Crippen molar-refractivity contribution in [3.05, 3.63) is 35.4 Å². The summed E-state index contributed by atoms with van der Waals surface area (Å²) < 4.78 is 15.5. The molecule has 7 nitrogen and oxygen atoms in total. The zero-order valence-electron chi connectivity index (χ0n) is 21.3. The summed E-state index contributed by atoms with van der Waals surface area (Å²) in [6.45, 7) is 5.24. The number of allylic oxidation sites excluding steroid dienone is 4. The van der Waals surface area contributed by atoms with Crippen LogP contribution in [0.15, 0.2) is 35.4 Å². The summed E-state index contributed by atoms with van der Waals surface area (Å²) in [5.74, 6) is 1.32. The number of hydrogen-bond acceptors (Lipinski definition) is 5. The molecule has 0 heterocycles. The van der Waals surface area contributed by atoms with Crippen LogP contribution in [0.5, 0.6) is 0 Å². The largest absolute Gasteiger partial charge is 0.405 e. The van der Waals surface area contributed by atoms with E-state index in [-0.39, 0.29) is 17.9 Å². The molecule has 0 aromatic rings. The van der Waals surface area contributed by atoms with Gasteiger partial charge in [0.1, 0.15) is 11.0 Å². The quantitative estimate of drug-likeness (QED) is 0.136. The molecule has 0 saturated heterocycles. The minimum atomic E-state index is -1.29. The number of nitrogens with two attached hydrogens (primary N) is 1. The molecule has 0 aromatic carbocycles. The summed E-state index contributed by atoms with van der Waals surface area (Å²) in [6, 6.07) is 0.0999. The minimum Gasteiger partial charge on any atom is -0.405 e. The van der Waals surface area contributed by atoms with Crippen LogP contribution in [-0.4, -0.2) is 47.2 Å². The lowest BCUT2D eigenvalue weighted by Crippen LogP contribution is -2.29. The Morgan fingerprint density at radius 1 is 0.971 bits per heavy atom. The van der Waals surface area contributed by atoms with E-state index in [0.717, 1.165) is 57.1 Å². The van der Waals surface area contributed by atoms with Gasteiger partial charge in [-0.15, -0.1) is 0 Å². The van der Waals surface area contributed by atoms with Crippen LogP contribution in [0.2, 0.25) is 0 Å². The van der Waals surface area contributed by atoms with Crippen LogP contribution in [0.25, 0.3) is 0 Å². The SMILES string of the molecule is C\C=C/C(=C\C=C\N)S(=O)NC(C)CCCCNC(=O)CCCCCNC(=O)CCCCSC. The maximum atomic E-state index is 12.4. The standard InChI is InChI=1S/C25H46N4O3S2/c1-4-13-23(15-12-18-26)34(32)29-22(2)14-7-10-20-28-24(30)16-6-5-9-19-27-25(31)17-8-11-21-33-3/h4,12-13,15,18,22,29H,5-11,14,16-17,19-21,26H2,1-3H3,(H,27,31)(H,28,30)/b13-4-,18-12+,23-15+. The molecule has 0 radical (unpaired) electrons. The predicted octanol–water partition coefficient (Wildman–Crippen LogP) is 4.06.